The summed E-state index contributed by atoms with van der Waals surface area (Å²) in [6, 6.07) is 3.80. The summed E-state index contributed by atoms with van der Waals surface area (Å²) in [5.41, 5.74) is 7.35. The highest BCUT2D eigenvalue weighted by atomic mass is 32.2. The third-order valence-electron chi connectivity index (χ3n) is 3.47. The number of hydrogen-bond acceptors (Lipinski definition) is 5. The van der Waals surface area contributed by atoms with Gasteiger partial charge in [0.25, 0.3) is 0 Å². The Morgan fingerprint density at radius 1 is 1.42 bits per heavy atom. The van der Waals surface area contributed by atoms with E-state index in [1.165, 1.54) is 0 Å². The van der Waals surface area contributed by atoms with E-state index in [1.807, 2.05) is 18.3 Å². The van der Waals surface area contributed by atoms with E-state index in [0.717, 1.165) is 11.2 Å². The first-order chi connectivity index (χ1) is 9.05. The van der Waals surface area contributed by atoms with E-state index in [4.69, 9.17) is 5.73 Å². The summed E-state index contributed by atoms with van der Waals surface area (Å²) in [6.45, 7) is 0.464. The molecule has 19 heavy (non-hydrogen) atoms. The molecule has 1 atom stereocenters. The van der Waals surface area contributed by atoms with Gasteiger partial charge in [0.1, 0.15) is 0 Å². The van der Waals surface area contributed by atoms with Crippen molar-refractivity contribution in [3.8, 4) is 0 Å². The normalized spacial score (nSPS) is 22.1. The lowest BCUT2D eigenvalue weighted by molar-refractivity contribution is 0.568. The smallest absolute Gasteiger partial charge is 0.155 e. The molecule has 0 spiro atoms. The van der Waals surface area contributed by atoms with Gasteiger partial charge in [0, 0.05) is 19.2 Å². The molecule has 7 heteroatoms. The lowest BCUT2D eigenvalue weighted by Crippen LogP contribution is -2.08. The third-order valence-corrected chi connectivity index (χ3v) is 5.31. The summed E-state index contributed by atoms with van der Waals surface area (Å²) in [4.78, 5) is 4.42. The summed E-state index contributed by atoms with van der Waals surface area (Å²) in [6.07, 6.45) is 3.20. The number of fused-ring (bicyclic) bond motifs is 1. The minimum Gasteiger partial charge on any atom is -0.326 e. The molecule has 2 N–H and O–H groups in total. The van der Waals surface area contributed by atoms with Gasteiger partial charge in [-0.05, 0) is 24.0 Å². The molecule has 0 bridgehead atoms. The molecule has 0 saturated carbocycles. The molecule has 3 heterocycles. The largest absolute Gasteiger partial charge is 0.326 e. The molecule has 1 fully saturated rings. The van der Waals surface area contributed by atoms with E-state index in [-0.39, 0.29) is 11.7 Å². The van der Waals surface area contributed by atoms with Gasteiger partial charge >= 0.3 is 0 Å². The Balaban J connectivity index is 1.82. The molecular weight excluding hydrogens is 264 g/mol. The molecule has 6 nitrogen and oxygen atoms in total. The summed E-state index contributed by atoms with van der Waals surface area (Å²) in [7, 11) is -2.84. The predicted octanol–water partition coefficient (Wildman–Crippen LogP) is 0.165. The second-order valence-electron chi connectivity index (χ2n) is 5.05. The maximum atomic E-state index is 11.4. The van der Waals surface area contributed by atoms with Gasteiger partial charge in [0.2, 0.25) is 0 Å². The Kier molecular flexibility index (Phi) is 3.02. The molecular formula is C12H16N4O2S. The second-order valence-corrected chi connectivity index (χ2v) is 7.27. The van der Waals surface area contributed by atoms with E-state index in [2.05, 4.69) is 10.1 Å². The Hall–Kier alpha value is -1.47. The first kappa shape index (κ1) is 12.6. The average molecular weight is 280 g/mol. The van der Waals surface area contributed by atoms with E-state index in [0.29, 0.717) is 31.0 Å². The van der Waals surface area contributed by atoms with Gasteiger partial charge in [-0.2, -0.15) is 5.10 Å². The number of aromatic nitrogens is 3. The fraction of sp³-hybridized carbons (Fsp3) is 0.500. The molecule has 1 aliphatic heterocycles. The highest BCUT2D eigenvalue weighted by molar-refractivity contribution is 7.91. The van der Waals surface area contributed by atoms with Crippen LogP contribution in [0.25, 0.3) is 5.65 Å². The minimum atomic E-state index is -2.84. The molecule has 1 unspecified atom stereocenters. The highest BCUT2D eigenvalue weighted by Crippen LogP contribution is 2.21. The molecule has 0 radical (unpaired) electrons. The zero-order chi connectivity index (χ0) is 13.5. The van der Waals surface area contributed by atoms with Crippen molar-refractivity contribution in [2.75, 3.05) is 11.5 Å². The molecule has 102 valence electrons. The van der Waals surface area contributed by atoms with E-state index >= 15 is 0 Å². The number of hydrogen-bond donors (Lipinski definition) is 1. The molecule has 3 rings (SSSR count). The predicted molar refractivity (Wildman–Crippen MR) is 71.3 cm³/mol. The summed E-state index contributed by atoms with van der Waals surface area (Å²) < 4.78 is 24.6. The van der Waals surface area contributed by atoms with Crippen molar-refractivity contribution >= 4 is 15.5 Å². The molecule has 1 aliphatic rings. The third kappa shape index (κ3) is 2.62. The fourth-order valence-corrected chi connectivity index (χ4v) is 4.33. The Morgan fingerprint density at radius 3 is 2.95 bits per heavy atom. The van der Waals surface area contributed by atoms with Gasteiger partial charge in [0.05, 0.1) is 11.5 Å². The van der Waals surface area contributed by atoms with Crippen molar-refractivity contribution in [1.82, 2.24) is 14.6 Å². The van der Waals surface area contributed by atoms with Gasteiger partial charge in [0.15, 0.2) is 21.3 Å². The molecule has 0 aromatic carbocycles. The zero-order valence-corrected chi connectivity index (χ0v) is 11.3. The molecule has 2 aromatic heterocycles. The standard InChI is InChI=1S/C12H16N4O2S/c13-6-10-1-2-12-14-11(15-16(12)7-10)5-9-3-4-19(17,18)8-9/h1-2,7,9H,3-6,8,13H2. The topological polar surface area (TPSA) is 90.3 Å². The van der Waals surface area contributed by atoms with E-state index in [1.54, 1.807) is 4.52 Å². The van der Waals surface area contributed by atoms with Crippen molar-refractivity contribution in [3.63, 3.8) is 0 Å². The van der Waals surface area contributed by atoms with Crippen LogP contribution in [0.4, 0.5) is 0 Å². The maximum absolute atomic E-state index is 11.4. The Labute approximate surface area is 111 Å². The molecule has 0 aliphatic carbocycles. The monoisotopic (exact) mass is 280 g/mol. The molecule has 1 saturated heterocycles. The van der Waals surface area contributed by atoms with Crippen molar-refractivity contribution < 1.29 is 8.42 Å². The van der Waals surface area contributed by atoms with Crippen LogP contribution in [0.2, 0.25) is 0 Å². The van der Waals surface area contributed by atoms with Crippen LogP contribution in [-0.4, -0.2) is 34.5 Å². The van der Waals surface area contributed by atoms with Gasteiger partial charge in [-0.15, -0.1) is 0 Å². The van der Waals surface area contributed by atoms with Crippen molar-refractivity contribution in [2.24, 2.45) is 11.7 Å². The Bertz CT molecular complexity index is 708. The van der Waals surface area contributed by atoms with Crippen molar-refractivity contribution in [1.29, 1.82) is 0 Å². The van der Waals surface area contributed by atoms with Crippen LogP contribution >= 0.6 is 0 Å². The SMILES string of the molecule is NCc1ccc2nc(CC3CCS(=O)(=O)C3)nn2c1. The Morgan fingerprint density at radius 2 is 2.26 bits per heavy atom. The van der Waals surface area contributed by atoms with Gasteiger partial charge in [-0.1, -0.05) is 6.07 Å². The van der Waals surface area contributed by atoms with E-state index in [9.17, 15) is 8.42 Å². The number of nitrogens with zero attached hydrogens (tertiary/aromatic N) is 3. The van der Waals surface area contributed by atoms with Crippen molar-refractivity contribution in [2.45, 2.75) is 19.4 Å². The van der Waals surface area contributed by atoms with Gasteiger partial charge in [-0.25, -0.2) is 17.9 Å². The second kappa shape index (κ2) is 4.57. The average Bonchev–Trinajstić information content (AvgIpc) is 2.91. The summed E-state index contributed by atoms with van der Waals surface area (Å²) in [5.74, 6) is 1.41. The van der Waals surface area contributed by atoms with Crippen LogP contribution in [0.3, 0.4) is 0 Å². The minimum absolute atomic E-state index is 0.149. The van der Waals surface area contributed by atoms with E-state index < -0.39 is 9.84 Å². The number of pyridine rings is 1. The van der Waals surface area contributed by atoms with Crippen LogP contribution in [0, 0.1) is 5.92 Å². The van der Waals surface area contributed by atoms with Crippen LogP contribution in [0.15, 0.2) is 18.3 Å². The number of rotatable bonds is 3. The molecule has 2 aromatic rings. The van der Waals surface area contributed by atoms with Crippen LogP contribution in [0.1, 0.15) is 17.8 Å². The number of sulfone groups is 1. The first-order valence-corrected chi connectivity index (χ1v) is 8.12. The summed E-state index contributed by atoms with van der Waals surface area (Å²) >= 11 is 0. The summed E-state index contributed by atoms with van der Waals surface area (Å²) in [5, 5.41) is 4.39. The highest BCUT2D eigenvalue weighted by Gasteiger charge is 2.28. The maximum Gasteiger partial charge on any atom is 0.155 e. The van der Waals surface area contributed by atoms with Crippen molar-refractivity contribution in [3.05, 3.63) is 29.7 Å². The van der Waals surface area contributed by atoms with Gasteiger partial charge < -0.3 is 5.73 Å². The zero-order valence-electron chi connectivity index (χ0n) is 10.5. The van der Waals surface area contributed by atoms with Gasteiger partial charge in [-0.3, -0.25) is 0 Å². The molecule has 0 amide bonds. The quantitative estimate of drug-likeness (QED) is 0.865. The van der Waals surface area contributed by atoms with Crippen LogP contribution in [0.5, 0.6) is 0 Å². The fourth-order valence-electron chi connectivity index (χ4n) is 2.47. The lowest BCUT2D eigenvalue weighted by Gasteiger charge is -2.01. The van der Waals surface area contributed by atoms with Crippen LogP contribution < -0.4 is 5.73 Å². The lowest BCUT2D eigenvalue weighted by atomic mass is 10.1. The number of nitrogens with two attached hydrogens (primary N) is 1. The first-order valence-electron chi connectivity index (χ1n) is 6.30. The van der Waals surface area contributed by atoms with Crippen LogP contribution in [-0.2, 0) is 22.8 Å².